The lowest BCUT2D eigenvalue weighted by Crippen LogP contribution is -2.29. The Morgan fingerprint density at radius 2 is 2.19 bits per heavy atom. The van der Waals surface area contributed by atoms with Crippen molar-refractivity contribution in [2.45, 2.75) is 39.8 Å². The summed E-state index contributed by atoms with van der Waals surface area (Å²) in [5.74, 6) is -0.256. The molecular formula is C15H19N3O2S. The molecule has 0 aromatic carbocycles. The van der Waals surface area contributed by atoms with Crippen LogP contribution >= 0.6 is 11.3 Å². The number of thiophene rings is 1. The molecule has 0 aliphatic rings. The maximum Gasteiger partial charge on any atom is 0.272 e. The van der Waals surface area contributed by atoms with E-state index >= 15 is 0 Å². The first-order valence-electron chi connectivity index (χ1n) is 7.01. The topological polar surface area (TPSA) is 64.0 Å². The van der Waals surface area contributed by atoms with E-state index in [1.54, 1.807) is 11.3 Å². The van der Waals surface area contributed by atoms with Crippen molar-refractivity contribution in [3.05, 3.63) is 50.1 Å². The lowest BCUT2D eigenvalue weighted by atomic mass is 10.3. The summed E-state index contributed by atoms with van der Waals surface area (Å²) in [6.45, 7) is 5.09. The molecule has 0 unspecified atom stereocenters. The number of hydrogen-bond donors (Lipinski definition) is 1. The minimum atomic E-state index is -0.256. The van der Waals surface area contributed by atoms with Crippen molar-refractivity contribution in [1.29, 1.82) is 0 Å². The summed E-state index contributed by atoms with van der Waals surface area (Å²) in [4.78, 5) is 24.9. The van der Waals surface area contributed by atoms with Gasteiger partial charge in [0.25, 0.3) is 11.5 Å². The van der Waals surface area contributed by atoms with Crippen molar-refractivity contribution in [2.24, 2.45) is 0 Å². The molecule has 2 aromatic rings. The van der Waals surface area contributed by atoms with Crippen LogP contribution in [0.4, 0.5) is 0 Å². The van der Waals surface area contributed by atoms with Gasteiger partial charge in [0.15, 0.2) is 0 Å². The molecule has 1 amide bonds. The molecule has 2 aromatic heterocycles. The van der Waals surface area contributed by atoms with Crippen LogP contribution in [0.2, 0.25) is 0 Å². The average molecular weight is 305 g/mol. The second kappa shape index (κ2) is 7.17. The van der Waals surface area contributed by atoms with Crippen LogP contribution in [0.5, 0.6) is 0 Å². The van der Waals surface area contributed by atoms with Gasteiger partial charge in [-0.1, -0.05) is 13.3 Å². The fourth-order valence-corrected chi connectivity index (χ4v) is 2.72. The number of nitrogens with one attached hydrogen (secondary N) is 1. The van der Waals surface area contributed by atoms with Gasteiger partial charge < -0.3 is 5.32 Å². The molecule has 21 heavy (non-hydrogen) atoms. The Bertz CT molecular complexity index is 676. The maximum atomic E-state index is 12.1. The Morgan fingerprint density at radius 3 is 2.86 bits per heavy atom. The van der Waals surface area contributed by atoms with Crippen LogP contribution in [0.3, 0.4) is 0 Å². The summed E-state index contributed by atoms with van der Waals surface area (Å²) in [5.41, 5.74) is 1.27. The number of carbonyl (C=O) groups excluding carboxylic acids is 1. The predicted molar refractivity (Wildman–Crippen MR) is 83.6 cm³/mol. The molecule has 0 fully saturated rings. The van der Waals surface area contributed by atoms with Gasteiger partial charge in [0.05, 0.1) is 6.54 Å². The standard InChI is InChI=1S/C15H19N3O2S/c1-3-4-8-18-14(19)6-5-12(17-18)15(20)16-10-13-11(2)7-9-21-13/h5-7,9H,3-4,8,10H2,1-2H3,(H,16,20). The molecule has 0 atom stereocenters. The maximum absolute atomic E-state index is 12.1. The largest absolute Gasteiger partial charge is 0.346 e. The molecule has 6 heteroatoms. The lowest BCUT2D eigenvalue weighted by Gasteiger charge is -2.07. The van der Waals surface area contributed by atoms with Gasteiger partial charge in [-0.3, -0.25) is 9.59 Å². The minimum absolute atomic E-state index is 0.172. The summed E-state index contributed by atoms with van der Waals surface area (Å²) in [6.07, 6.45) is 1.84. The highest BCUT2D eigenvalue weighted by atomic mass is 32.1. The number of aromatic nitrogens is 2. The van der Waals surface area contributed by atoms with Gasteiger partial charge in [-0.05, 0) is 36.4 Å². The Hall–Kier alpha value is -1.95. The molecule has 1 N–H and O–H groups in total. The van der Waals surface area contributed by atoms with Crippen molar-refractivity contribution in [2.75, 3.05) is 0 Å². The zero-order valence-corrected chi connectivity index (χ0v) is 13.1. The zero-order valence-electron chi connectivity index (χ0n) is 12.3. The zero-order chi connectivity index (χ0) is 15.2. The minimum Gasteiger partial charge on any atom is -0.346 e. The number of nitrogens with zero attached hydrogens (tertiary/aromatic N) is 2. The van der Waals surface area contributed by atoms with Gasteiger partial charge in [0, 0.05) is 17.5 Å². The van der Waals surface area contributed by atoms with Crippen molar-refractivity contribution < 1.29 is 4.79 Å². The Labute approximate surface area is 127 Å². The summed E-state index contributed by atoms with van der Waals surface area (Å²) >= 11 is 1.61. The van der Waals surface area contributed by atoms with E-state index in [2.05, 4.69) is 10.4 Å². The highest BCUT2D eigenvalue weighted by Gasteiger charge is 2.10. The first kappa shape index (κ1) is 15.4. The number of aryl methyl sites for hydroxylation is 2. The van der Waals surface area contributed by atoms with E-state index in [9.17, 15) is 9.59 Å². The van der Waals surface area contributed by atoms with E-state index < -0.39 is 0 Å². The number of amides is 1. The van der Waals surface area contributed by atoms with Crippen LogP contribution in [-0.4, -0.2) is 15.7 Å². The third-order valence-electron chi connectivity index (χ3n) is 3.20. The number of hydrogen-bond acceptors (Lipinski definition) is 4. The van der Waals surface area contributed by atoms with E-state index in [0.717, 1.165) is 17.7 Å². The van der Waals surface area contributed by atoms with E-state index in [1.807, 2.05) is 25.3 Å². The summed E-state index contributed by atoms with van der Waals surface area (Å²) in [5, 5.41) is 8.97. The first-order valence-corrected chi connectivity index (χ1v) is 7.89. The highest BCUT2D eigenvalue weighted by molar-refractivity contribution is 7.10. The number of carbonyl (C=O) groups is 1. The van der Waals surface area contributed by atoms with E-state index in [0.29, 0.717) is 13.1 Å². The molecule has 0 spiro atoms. The third-order valence-corrected chi connectivity index (χ3v) is 4.22. The fraction of sp³-hybridized carbons (Fsp3) is 0.400. The Morgan fingerprint density at radius 1 is 1.38 bits per heavy atom. The monoisotopic (exact) mass is 305 g/mol. The van der Waals surface area contributed by atoms with Crippen LogP contribution in [0.25, 0.3) is 0 Å². The molecule has 0 radical (unpaired) electrons. The van der Waals surface area contributed by atoms with Gasteiger partial charge in [-0.2, -0.15) is 5.10 Å². The molecule has 5 nitrogen and oxygen atoms in total. The van der Waals surface area contributed by atoms with Gasteiger partial charge in [-0.15, -0.1) is 11.3 Å². The van der Waals surface area contributed by atoms with Crippen LogP contribution in [0.1, 0.15) is 40.7 Å². The third kappa shape index (κ3) is 4.01. The molecule has 0 aliphatic heterocycles. The van der Waals surface area contributed by atoms with Crippen LogP contribution in [-0.2, 0) is 13.1 Å². The summed E-state index contributed by atoms with van der Waals surface area (Å²) < 4.78 is 1.36. The van der Waals surface area contributed by atoms with Crippen molar-refractivity contribution in [1.82, 2.24) is 15.1 Å². The predicted octanol–water partition coefficient (Wildman–Crippen LogP) is 2.34. The molecule has 0 aliphatic carbocycles. The van der Waals surface area contributed by atoms with Crippen molar-refractivity contribution >= 4 is 17.2 Å². The molecule has 2 heterocycles. The van der Waals surface area contributed by atoms with Crippen molar-refractivity contribution in [3.8, 4) is 0 Å². The molecule has 2 rings (SSSR count). The van der Waals surface area contributed by atoms with Gasteiger partial charge >= 0.3 is 0 Å². The second-order valence-electron chi connectivity index (χ2n) is 4.84. The van der Waals surface area contributed by atoms with Gasteiger partial charge in [0.1, 0.15) is 5.69 Å². The average Bonchev–Trinajstić information content (AvgIpc) is 2.89. The summed E-state index contributed by atoms with van der Waals surface area (Å²) in [6, 6.07) is 4.89. The SMILES string of the molecule is CCCCn1nc(C(=O)NCc2sccc2C)ccc1=O. The first-order chi connectivity index (χ1) is 10.1. The quantitative estimate of drug-likeness (QED) is 0.891. The molecular weight excluding hydrogens is 286 g/mol. The van der Waals surface area contributed by atoms with Gasteiger partial charge in [-0.25, -0.2) is 4.68 Å². The lowest BCUT2D eigenvalue weighted by molar-refractivity contribution is 0.0943. The summed E-state index contributed by atoms with van der Waals surface area (Å²) in [7, 11) is 0. The Balaban J connectivity index is 2.05. The molecule has 112 valence electrons. The Kier molecular flexibility index (Phi) is 5.27. The van der Waals surface area contributed by atoms with E-state index in [-0.39, 0.29) is 17.2 Å². The van der Waals surface area contributed by atoms with E-state index in [4.69, 9.17) is 0 Å². The van der Waals surface area contributed by atoms with Crippen molar-refractivity contribution in [3.63, 3.8) is 0 Å². The van der Waals surface area contributed by atoms with Crippen LogP contribution in [0, 0.1) is 6.92 Å². The number of rotatable bonds is 6. The van der Waals surface area contributed by atoms with Gasteiger partial charge in [0.2, 0.25) is 0 Å². The van der Waals surface area contributed by atoms with E-state index in [1.165, 1.54) is 22.4 Å². The number of unbranched alkanes of at least 4 members (excludes halogenated alkanes) is 1. The second-order valence-corrected chi connectivity index (χ2v) is 5.84. The van der Waals surface area contributed by atoms with Crippen LogP contribution < -0.4 is 10.9 Å². The molecule has 0 saturated heterocycles. The molecule has 0 bridgehead atoms. The molecule has 0 saturated carbocycles. The highest BCUT2D eigenvalue weighted by Crippen LogP contribution is 2.14. The smallest absolute Gasteiger partial charge is 0.272 e. The fourth-order valence-electron chi connectivity index (χ4n) is 1.87. The van der Waals surface area contributed by atoms with Crippen LogP contribution in [0.15, 0.2) is 28.4 Å². The normalized spacial score (nSPS) is 10.6.